The van der Waals surface area contributed by atoms with E-state index >= 15 is 0 Å². The van der Waals surface area contributed by atoms with Gasteiger partial charge in [0.25, 0.3) is 8.32 Å². The van der Waals surface area contributed by atoms with Gasteiger partial charge in [-0.2, -0.15) is 5.26 Å². The molecule has 2 rings (SSSR count). The Morgan fingerprint density at radius 3 is 2.21 bits per heavy atom. The Morgan fingerprint density at radius 2 is 1.71 bits per heavy atom. The van der Waals surface area contributed by atoms with E-state index < -0.39 is 8.32 Å². The Hall–Kier alpha value is -1.34. The van der Waals surface area contributed by atoms with Gasteiger partial charge in [0.15, 0.2) is 5.78 Å². The lowest BCUT2D eigenvalue weighted by Gasteiger charge is -2.43. The average Bonchev–Trinajstić information content (AvgIpc) is 2.76. The van der Waals surface area contributed by atoms with Gasteiger partial charge >= 0.3 is 0 Å². The van der Waals surface area contributed by atoms with E-state index in [2.05, 4.69) is 53.7 Å². The summed E-state index contributed by atoms with van der Waals surface area (Å²) in [5.41, 5.74) is 3.44. The van der Waals surface area contributed by atoms with Crippen molar-refractivity contribution in [1.29, 1.82) is 5.26 Å². The first-order valence-corrected chi connectivity index (χ1v) is 11.4. The number of carbonyl (C=O) groups excluding carboxylic acids is 1. The Morgan fingerprint density at radius 1 is 1.12 bits per heavy atom. The van der Waals surface area contributed by atoms with Crippen molar-refractivity contribution in [1.82, 2.24) is 0 Å². The van der Waals surface area contributed by atoms with Crippen LogP contribution in [0.4, 0.5) is 0 Å². The average molecular weight is 346 g/mol. The maximum atomic E-state index is 12.3. The van der Waals surface area contributed by atoms with Crippen LogP contribution in [0, 0.1) is 17.2 Å². The second-order valence-electron chi connectivity index (χ2n) is 8.11. The van der Waals surface area contributed by atoms with Crippen LogP contribution in [0.3, 0.4) is 0 Å². The van der Waals surface area contributed by atoms with Crippen LogP contribution >= 0.6 is 0 Å². The maximum Gasteiger partial charge on any atom is 0.258 e. The lowest BCUT2D eigenvalue weighted by molar-refractivity contribution is -0.115. The first-order chi connectivity index (χ1) is 11.2. The van der Waals surface area contributed by atoms with Crippen LogP contribution in [0.1, 0.15) is 67.2 Å². The second kappa shape index (κ2) is 7.27. The third-order valence-corrected chi connectivity index (χ3v) is 11.9. The summed E-state index contributed by atoms with van der Waals surface area (Å²) < 4.78 is 6.80. The second-order valence-corrected chi connectivity index (χ2v) is 13.5. The maximum absolute atomic E-state index is 12.3. The molecule has 0 saturated heterocycles. The predicted octanol–water partition coefficient (Wildman–Crippen LogP) is 5.66. The molecule has 0 N–H and O–H groups in total. The normalized spacial score (nSPS) is 21.9. The number of Topliss-reactive ketones (excluding diaryl/α,β-unsaturated/α-hetero) is 1. The zero-order chi connectivity index (χ0) is 18.1. The van der Waals surface area contributed by atoms with E-state index in [0.29, 0.717) is 35.9 Å². The lowest BCUT2D eigenvalue weighted by atomic mass is 9.95. The molecule has 0 aromatic carbocycles. The van der Waals surface area contributed by atoms with Crippen molar-refractivity contribution >= 4 is 14.1 Å². The quantitative estimate of drug-likeness (QED) is 0.604. The highest BCUT2D eigenvalue weighted by atomic mass is 28.4. The molecule has 2 aliphatic rings. The number of allylic oxidation sites excluding steroid dienone is 3. The molecule has 1 unspecified atom stereocenters. The largest absolute Gasteiger partial charge is 0.546 e. The number of hydrogen-bond acceptors (Lipinski definition) is 3. The van der Waals surface area contributed by atoms with Crippen LogP contribution in [0.5, 0.6) is 0 Å². The van der Waals surface area contributed by atoms with Crippen molar-refractivity contribution in [3.8, 4) is 6.07 Å². The van der Waals surface area contributed by atoms with Gasteiger partial charge in [0.05, 0.1) is 17.7 Å². The lowest BCUT2D eigenvalue weighted by Crippen LogP contribution is -2.47. The molecular weight excluding hydrogens is 314 g/mol. The van der Waals surface area contributed by atoms with E-state index in [1.54, 1.807) is 0 Å². The van der Waals surface area contributed by atoms with Gasteiger partial charge in [-0.05, 0) is 41.1 Å². The van der Waals surface area contributed by atoms with E-state index in [9.17, 15) is 10.1 Å². The number of carbonyl (C=O) groups is 1. The monoisotopic (exact) mass is 345 g/mol. The van der Waals surface area contributed by atoms with Crippen molar-refractivity contribution in [2.24, 2.45) is 5.92 Å². The molecule has 2 aliphatic carbocycles. The Balaban J connectivity index is 2.37. The summed E-state index contributed by atoms with van der Waals surface area (Å²) in [6, 6.07) is 2.39. The zero-order valence-electron chi connectivity index (χ0n) is 16.0. The highest BCUT2D eigenvalue weighted by Crippen LogP contribution is 2.46. The molecule has 0 saturated carbocycles. The van der Waals surface area contributed by atoms with Crippen molar-refractivity contribution in [3.63, 3.8) is 0 Å². The summed E-state index contributed by atoms with van der Waals surface area (Å²) in [6.07, 6.45) is 4.68. The van der Waals surface area contributed by atoms with Crippen LogP contribution in [0.15, 0.2) is 23.0 Å². The van der Waals surface area contributed by atoms with Crippen LogP contribution in [-0.4, -0.2) is 14.1 Å². The van der Waals surface area contributed by atoms with Crippen molar-refractivity contribution in [2.75, 3.05) is 0 Å². The summed E-state index contributed by atoms with van der Waals surface area (Å²) in [4.78, 5) is 12.3. The first-order valence-electron chi connectivity index (χ1n) is 9.26. The highest BCUT2D eigenvalue weighted by molar-refractivity contribution is 6.77. The molecule has 0 aromatic heterocycles. The molecule has 0 heterocycles. The molecule has 0 spiro atoms. The van der Waals surface area contributed by atoms with Crippen LogP contribution in [0.2, 0.25) is 16.6 Å². The molecule has 4 heteroatoms. The molecule has 0 bridgehead atoms. The summed E-state index contributed by atoms with van der Waals surface area (Å²) in [5.74, 6) is 1.01. The van der Waals surface area contributed by atoms with Crippen LogP contribution in [0.25, 0.3) is 0 Å². The fraction of sp³-hybridized carbons (Fsp3) is 0.700. The Kier molecular flexibility index (Phi) is 5.75. The van der Waals surface area contributed by atoms with Gasteiger partial charge in [0.1, 0.15) is 0 Å². The van der Waals surface area contributed by atoms with Crippen molar-refractivity contribution in [3.05, 3.63) is 23.0 Å². The van der Waals surface area contributed by atoms with E-state index in [1.165, 1.54) is 0 Å². The van der Waals surface area contributed by atoms with Gasteiger partial charge in [-0.1, -0.05) is 41.5 Å². The van der Waals surface area contributed by atoms with Crippen molar-refractivity contribution < 1.29 is 9.22 Å². The molecule has 132 valence electrons. The Labute approximate surface area is 147 Å². The summed E-state index contributed by atoms with van der Waals surface area (Å²) in [7, 11) is -2.02. The van der Waals surface area contributed by atoms with Gasteiger partial charge < -0.3 is 4.43 Å². The smallest absolute Gasteiger partial charge is 0.258 e. The van der Waals surface area contributed by atoms with Gasteiger partial charge in [0, 0.05) is 18.4 Å². The third kappa shape index (κ3) is 3.24. The van der Waals surface area contributed by atoms with E-state index in [0.717, 1.165) is 23.3 Å². The molecule has 0 aliphatic heterocycles. The van der Waals surface area contributed by atoms with Crippen molar-refractivity contribution in [2.45, 2.75) is 83.8 Å². The van der Waals surface area contributed by atoms with E-state index in [4.69, 9.17) is 4.43 Å². The number of nitrogens with zero attached hydrogens (tertiary/aromatic N) is 1. The highest BCUT2D eigenvalue weighted by Gasteiger charge is 2.47. The molecule has 24 heavy (non-hydrogen) atoms. The number of ketones is 1. The first kappa shape index (κ1) is 19.0. The summed E-state index contributed by atoms with van der Waals surface area (Å²) >= 11 is 0. The Bertz CT molecular complexity index is 586. The fourth-order valence-electron chi connectivity index (χ4n) is 4.75. The van der Waals surface area contributed by atoms with E-state index in [1.807, 2.05) is 0 Å². The van der Waals surface area contributed by atoms with E-state index in [-0.39, 0.29) is 11.7 Å². The van der Waals surface area contributed by atoms with Crippen LogP contribution < -0.4 is 0 Å². The molecule has 0 amide bonds. The SMILES string of the molecule is CC(C)[Si](OC1=CCC(C#N)C2=C(C1)C(=O)CC2)(C(C)C)C(C)C. The molecule has 3 nitrogen and oxygen atoms in total. The molecule has 1 atom stereocenters. The minimum Gasteiger partial charge on any atom is -0.546 e. The third-order valence-electron chi connectivity index (χ3n) is 5.87. The number of nitriles is 1. The molecule has 0 radical (unpaired) electrons. The minimum absolute atomic E-state index is 0.152. The van der Waals surface area contributed by atoms with Gasteiger partial charge in [-0.25, -0.2) is 0 Å². The van der Waals surface area contributed by atoms with Crippen LogP contribution in [-0.2, 0) is 9.22 Å². The molecular formula is C20H31NO2Si. The molecule has 0 aromatic rings. The van der Waals surface area contributed by atoms with Gasteiger partial charge in [0.2, 0.25) is 0 Å². The molecule has 0 fully saturated rings. The number of rotatable bonds is 5. The fourth-order valence-corrected chi connectivity index (χ4v) is 10.1. The predicted molar refractivity (Wildman–Crippen MR) is 99.8 cm³/mol. The summed E-state index contributed by atoms with van der Waals surface area (Å²) in [5, 5.41) is 9.48. The zero-order valence-corrected chi connectivity index (χ0v) is 17.0. The summed E-state index contributed by atoms with van der Waals surface area (Å²) in [6.45, 7) is 13.6. The number of hydrogen-bond donors (Lipinski definition) is 0. The van der Waals surface area contributed by atoms with Gasteiger partial charge in [-0.3, -0.25) is 4.79 Å². The minimum atomic E-state index is -2.02. The van der Waals surface area contributed by atoms with Gasteiger partial charge in [-0.15, -0.1) is 0 Å². The standard InChI is InChI=1S/C20H31NO2Si/c1-13(2)24(14(3)4,15(5)6)23-17-8-7-16(12-21)18-9-10-20(22)19(18)11-17/h8,13-16H,7,9-11H2,1-6H3. The topological polar surface area (TPSA) is 50.1 Å².